The summed E-state index contributed by atoms with van der Waals surface area (Å²) in [6.07, 6.45) is -2.33. The summed E-state index contributed by atoms with van der Waals surface area (Å²) < 4.78 is 39.5. The van der Waals surface area contributed by atoms with Gasteiger partial charge in [-0.15, -0.1) is 0 Å². The summed E-state index contributed by atoms with van der Waals surface area (Å²) in [4.78, 5) is 34.1. The first-order valence-corrected chi connectivity index (χ1v) is 12.0. The van der Waals surface area contributed by atoms with Crippen LogP contribution in [0.2, 0.25) is 0 Å². The molecular weight excluding hydrogens is 551 g/mol. The molecule has 3 aromatic carbocycles. The molecule has 5 rings (SSSR count). The van der Waals surface area contributed by atoms with Crippen LogP contribution in [0.4, 0.5) is 30.5 Å². The van der Waals surface area contributed by atoms with Crippen LogP contribution in [-0.4, -0.2) is 21.8 Å². The molecule has 1 saturated carbocycles. The number of nitrogens with zero attached hydrogens (tertiary/aromatic N) is 2. The summed E-state index contributed by atoms with van der Waals surface area (Å²) in [5.41, 5.74) is 6.36. The van der Waals surface area contributed by atoms with Crippen molar-refractivity contribution < 1.29 is 22.8 Å². The van der Waals surface area contributed by atoms with E-state index in [0.29, 0.717) is 24.0 Å². The van der Waals surface area contributed by atoms with Crippen LogP contribution in [0.5, 0.6) is 0 Å². The number of nitrogen functional groups attached to an aromatic ring is 1. The van der Waals surface area contributed by atoms with Gasteiger partial charge in [0.15, 0.2) is 0 Å². The van der Waals surface area contributed by atoms with Crippen LogP contribution in [-0.2, 0) is 15.8 Å². The maximum atomic E-state index is 13.1. The molecule has 0 atom stereocenters. The number of rotatable bonds is 5. The number of alkyl halides is 3. The molecule has 1 fully saturated rings. The van der Waals surface area contributed by atoms with E-state index in [-0.39, 0.29) is 16.1 Å². The fourth-order valence-corrected chi connectivity index (χ4v) is 4.47. The molecule has 0 bridgehead atoms. The zero-order valence-corrected chi connectivity index (χ0v) is 20.7. The first-order chi connectivity index (χ1) is 17.5. The number of amides is 2. The molecule has 11 heteroatoms. The number of halogens is 4. The Labute approximate surface area is 217 Å². The second-order valence-corrected chi connectivity index (χ2v) is 9.71. The van der Waals surface area contributed by atoms with Crippen LogP contribution in [0.25, 0.3) is 22.0 Å². The summed E-state index contributed by atoms with van der Waals surface area (Å²) in [7, 11) is 0. The SMILES string of the molecule is Nc1ncc2ccc(-c3ccc(NC(=O)C4(C(=O)Nc5cc(Br)cc(C(F)(F)F)c5)CC4)cc3)cc2n1. The molecule has 188 valence electrons. The number of hydrogen-bond donors (Lipinski definition) is 3. The fraction of sp³-hybridized carbons (Fsp3) is 0.154. The van der Waals surface area contributed by atoms with E-state index < -0.39 is 29.0 Å². The number of aromatic nitrogens is 2. The number of benzene rings is 3. The van der Waals surface area contributed by atoms with E-state index in [1.165, 1.54) is 6.07 Å². The van der Waals surface area contributed by atoms with E-state index in [0.717, 1.165) is 28.6 Å². The van der Waals surface area contributed by atoms with Gasteiger partial charge in [0.25, 0.3) is 0 Å². The normalized spacial score (nSPS) is 14.3. The largest absolute Gasteiger partial charge is 0.416 e. The Hall–Kier alpha value is -3.99. The van der Waals surface area contributed by atoms with Gasteiger partial charge in [0.05, 0.1) is 11.1 Å². The van der Waals surface area contributed by atoms with Gasteiger partial charge in [0.2, 0.25) is 17.8 Å². The average Bonchev–Trinajstić information content (AvgIpc) is 3.66. The lowest BCUT2D eigenvalue weighted by Crippen LogP contribution is -2.35. The Balaban J connectivity index is 1.29. The third-order valence-corrected chi connectivity index (χ3v) is 6.64. The third-order valence-electron chi connectivity index (χ3n) is 6.18. The summed E-state index contributed by atoms with van der Waals surface area (Å²) in [5.74, 6) is -0.978. The molecule has 1 aliphatic rings. The van der Waals surface area contributed by atoms with Gasteiger partial charge in [-0.2, -0.15) is 13.2 Å². The van der Waals surface area contributed by atoms with Crippen LogP contribution >= 0.6 is 15.9 Å². The van der Waals surface area contributed by atoms with Crippen molar-refractivity contribution in [2.24, 2.45) is 5.41 Å². The second kappa shape index (κ2) is 9.15. The minimum atomic E-state index is -4.57. The van der Waals surface area contributed by atoms with Crippen molar-refractivity contribution in [3.63, 3.8) is 0 Å². The molecule has 0 unspecified atom stereocenters. The van der Waals surface area contributed by atoms with E-state index in [4.69, 9.17) is 5.73 Å². The molecule has 1 aliphatic carbocycles. The van der Waals surface area contributed by atoms with E-state index in [1.807, 2.05) is 30.3 Å². The first-order valence-electron chi connectivity index (χ1n) is 11.2. The van der Waals surface area contributed by atoms with Gasteiger partial charge >= 0.3 is 6.18 Å². The van der Waals surface area contributed by atoms with Gasteiger partial charge in [-0.25, -0.2) is 9.97 Å². The Morgan fingerprint density at radius 1 is 0.892 bits per heavy atom. The molecule has 2 amide bonds. The topological polar surface area (TPSA) is 110 Å². The molecule has 0 radical (unpaired) electrons. The highest BCUT2D eigenvalue weighted by molar-refractivity contribution is 9.10. The Morgan fingerprint density at radius 2 is 1.54 bits per heavy atom. The van der Waals surface area contributed by atoms with Gasteiger partial charge in [0, 0.05) is 27.4 Å². The van der Waals surface area contributed by atoms with Crippen LogP contribution in [0, 0.1) is 5.41 Å². The molecule has 0 aliphatic heterocycles. The van der Waals surface area contributed by atoms with Gasteiger partial charge in [-0.1, -0.05) is 40.2 Å². The molecule has 1 aromatic heterocycles. The molecular formula is C26H19BrF3N5O2. The number of nitrogens with two attached hydrogens (primary N) is 1. The Bertz CT molecular complexity index is 1540. The highest BCUT2D eigenvalue weighted by Gasteiger charge is 2.56. The minimum Gasteiger partial charge on any atom is -0.368 e. The third kappa shape index (κ3) is 5.12. The number of fused-ring (bicyclic) bond motifs is 1. The fourth-order valence-electron chi connectivity index (χ4n) is 3.97. The lowest BCUT2D eigenvalue weighted by atomic mass is 10.0. The van der Waals surface area contributed by atoms with Crippen molar-refractivity contribution in [2.75, 3.05) is 16.4 Å². The lowest BCUT2D eigenvalue weighted by molar-refractivity contribution is -0.137. The van der Waals surface area contributed by atoms with E-state index >= 15 is 0 Å². The van der Waals surface area contributed by atoms with Crippen LogP contribution in [0.1, 0.15) is 18.4 Å². The molecule has 1 heterocycles. The van der Waals surface area contributed by atoms with Crippen molar-refractivity contribution in [3.8, 4) is 11.1 Å². The first kappa shape index (κ1) is 24.7. The lowest BCUT2D eigenvalue weighted by Gasteiger charge is -2.17. The van der Waals surface area contributed by atoms with Crippen molar-refractivity contribution >= 4 is 56.0 Å². The smallest absolute Gasteiger partial charge is 0.368 e. The predicted molar refractivity (Wildman–Crippen MR) is 137 cm³/mol. The zero-order valence-electron chi connectivity index (χ0n) is 19.1. The van der Waals surface area contributed by atoms with Gasteiger partial charge in [-0.05, 0) is 60.4 Å². The van der Waals surface area contributed by atoms with Gasteiger partial charge in [0.1, 0.15) is 5.41 Å². The van der Waals surface area contributed by atoms with E-state index in [9.17, 15) is 22.8 Å². The Kier molecular flexibility index (Phi) is 6.10. The van der Waals surface area contributed by atoms with Crippen molar-refractivity contribution in [3.05, 3.63) is 76.9 Å². The zero-order chi connectivity index (χ0) is 26.4. The molecule has 7 nitrogen and oxygen atoms in total. The number of anilines is 3. The maximum Gasteiger partial charge on any atom is 0.416 e. The summed E-state index contributed by atoms with van der Waals surface area (Å²) in [5, 5.41) is 6.07. The van der Waals surface area contributed by atoms with Gasteiger partial charge < -0.3 is 16.4 Å². The summed E-state index contributed by atoms with van der Waals surface area (Å²) in [6.45, 7) is 0. The van der Waals surface area contributed by atoms with Crippen LogP contribution in [0.15, 0.2) is 71.3 Å². The molecule has 0 spiro atoms. The molecule has 0 saturated heterocycles. The second-order valence-electron chi connectivity index (χ2n) is 8.80. The molecule has 4 N–H and O–H groups in total. The molecule has 4 aromatic rings. The van der Waals surface area contributed by atoms with E-state index in [2.05, 4.69) is 36.5 Å². The standard InChI is InChI=1S/C26H19BrF3N5O2/c27-18-10-17(26(28,29)30)11-20(12-18)34-23(37)25(7-8-25)22(36)33-19-5-3-14(4-6-19)15-1-2-16-13-32-24(31)35-21(16)9-15/h1-6,9-13H,7-8H2,(H,33,36)(H,34,37)(H2,31,32,35). The van der Waals surface area contributed by atoms with E-state index in [1.54, 1.807) is 18.3 Å². The average molecular weight is 570 g/mol. The van der Waals surface area contributed by atoms with Crippen molar-refractivity contribution in [1.29, 1.82) is 0 Å². The summed E-state index contributed by atoms with van der Waals surface area (Å²) >= 11 is 3.03. The monoisotopic (exact) mass is 569 g/mol. The number of carbonyl (C=O) groups excluding carboxylic acids is 2. The van der Waals surface area contributed by atoms with Crippen LogP contribution < -0.4 is 16.4 Å². The molecule has 37 heavy (non-hydrogen) atoms. The highest BCUT2D eigenvalue weighted by Crippen LogP contribution is 2.48. The predicted octanol–water partition coefficient (Wildman–Crippen LogP) is 6.02. The summed E-state index contributed by atoms with van der Waals surface area (Å²) in [6, 6.07) is 15.9. The highest BCUT2D eigenvalue weighted by atomic mass is 79.9. The Morgan fingerprint density at radius 3 is 2.19 bits per heavy atom. The number of nitrogens with one attached hydrogen (secondary N) is 2. The maximum absolute atomic E-state index is 13.1. The number of hydrogen-bond acceptors (Lipinski definition) is 5. The van der Waals surface area contributed by atoms with Gasteiger partial charge in [-0.3, -0.25) is 9.59 Å². The quantitative estimate of drug-likeness (QED) is 0.255. The van der Waals surface area contributed by atoms with Crippen molar-refractivity contribution in [2.45, 2.75) is 19.0 Å². The van der Waals surface area contributed by atoms with Crippen LogP contribution in [0.3, 0.4) is 0 Å². The van der Waals surface area contributed by atoms with Crippen molar-refractivity contribution in [1.82, 2.24) is 9.97 Å². The minimum absolute atomic E-state index is 0.0439. The number of carbonyl (C=O) groups is 2.